The molecule has 0 radical (unpaired) electrons. The topological polar surface area (TPSA) is 74.4 Å². The molecule has 2 rings (SSSR count). The quantitative estimate of drug-likeness (QED) is 0.782. The van der Waals surface area contributed by atoms with Gasteiger partial charge in [-0.25, -0.2) is 0 Å². The van der Waals surface area contributed by atoms with Crippen LogP contribution in [-0.4, -0.2) is 55.0 Å². The predicted molar refractivity (Wildman–Crippen MR) is 88.4 cm³/mol. The van der Waals surface area contributed by atoms with Crippen molar-refractivity contribution in [2.75, 3.05) is 33.4 Å². The SMILES string of the molecule is COCCCNC(=O)C1CCCN(C(=O)c2[nH]c(C)cc2C)C1. The summed E-state index contributed by atoms with van der Waals surface area (Å²) in [6.07, 6.45) is 2.50. The maximum Gasteiger partial charge on any atom is 0.270 e. The van der Waals surface area contributed by atoms with Crippen molar-refractivity contribution in [1.82, 2.24) is 15.2 Å². The van der Waals surface area contributed by atoms with Crippen molar-refractivity contribution in [3.8, 4) is 0 Å². The van der Waals surface area contributed by atoms with E-state index in [1.165, 1.54) is 0 Å². The number of amides is 2. The molecule has 1 aliphatic rings. The molecule has 128 valence electrons. The lowest BCUT2D eigenvalue weighted by atomic mass is 9.96. The zero-order valence-electron chi connectivity index (χ0n) is 14.3. The number of carbonyl (C=O) groups excluding carboxylic acids is 2. The van der Waals surface area contributed by atoms with E-state index in [-0.39, 0.29) is 17.7 Å². The Bertz CT molecular complexity index is 553. The van der Waals surface area contributed by atoms with Gasteiger partial charge in [-0.15, -0.1) is 0 Å². The van der Waals surface area contributed by atoms with Gasteiger partial charge in [0.1, 0.15) is 5.69 Å². The third-order valence-electron chi connectivity index (χ3n) is 4.27. The van der Waals surface area contributed by atoms with Gasteiger partial charge in [-0.1, -0.05) is 0 Å². The first-order valence-corrected chi connectivity index (χ1v) is 8.25. The molecule has 0 saturated carbocycles. The smallest absolute Gasteiger partial charge is 0.270 e. The largest absolute Gasteiger partial charge is 0.385 e. The molecule has 1 unspecified atom stereocenters. The molecular weight excluding hydrogens is 294 g/mol. The number of methoxy groups -OCH3 is 1. The number of ether oxygens (including phenoxy) is 1. The number of nitrogens with one attached hydrogen (secondary N) is 2. The first-order valence-electron chi connectivity index (χ1n) is 8.25. The van der Waals surface area contributed by atoms with Crippen LogP contribution in [0, 0.1) is 19.8 Å². The van der Waals surface area contributed by atoms with Gasteiger partial charge < -0.3 is 19.9 Å². The summed E-state index contributed by atoms with van der Waals surface area (Å²) < 4.78 is 4.97. The zero-order valence-corrected chi connectivity index (χ0v) is 14.3. The third kappa shape index (κ3) is 4.58. The maximum atomic E-state index is 12.6. The standard InChI is InChI=1S/C17H27N3O3/c1-12-10-13(2)19-15(12)17(22)20-8-4-6-14(11-20)16(21)18-7-5-9-23-3/h10,14,19H,4-9,11H2,1-3H3,(H,18,21). The summed E-state index contributed by atoms with van der Waals surface area (Å²) in [5, 5.41) is 2.94. The van der Waals surface area contributed by atoms with E-state index < -0.39 is 0 Å². The Labute approximate surface area is 137 Å². The lowest BCUT2D eigenvalue weighted by Crippen LogP contribution is -2.45. The normalized spacial score (nSPS) is 18.0. The van der Waals surface area contributed by atoms with Crippen molar-refractivity contribution >= 4 is 11.8 Å². The maximum absolute atomic E-state index is 12.6. The second-order valence-corrected chi connectivity index (χ2v) is 6.24. The van der Waals surface area contributed by atoms with Crippen molar-refractivity contribution in [1.29, 1.82) is 0 Å². The molecule has 6 heteroatoms. The van der Waals surface area contributed by atoms with E-state index in [0.717, 1.165) is 30.5 Å². The van der Waals surface area contributed by atoms with Crippen LogP contribution in [0.25, 0.3) is 0 Å². The van der Waals surface area contributed by atoms with E-state index in [4.69, 9.17) is 4.74 Å². The number of hydrogen-bond donors (Lipinski definition) is 2. The Morgan fingerprint density at radius 3 is 2.87 bits per heavy atom. The number of carbonyl (C=O) groups is 2. The van der Waals surface area contributed by atoms with Gasteiger partial charge in [0.15, 0.2) is 0 Å². The van der Waals surface area contributed by atoms with Gasteiger partial charge in [-0.3, -0.25) is 9.59 Å². The fourth-order valence-electron chi connectivity index (χ4n) is 3.06. The van der Waals surface area contributed by atoms with Crippen LogP contribution in [0.1, 0.15) is 41.0 Å². The molecule has 1 aliphatic heterocycles. The number of aromatic amines is 1. The first kappa shape index (κ1) is 17.5. The van der Waals surface area contributed by atoms with Crippen molar-refractivity contribution in [2.24, 2.45) is 5.92 Å². The Morgan fingerprint density at radius 1 is 1.43 bits per heavy atom. The number of hydrogen-bond acceptors (Lipinski definition) is 3. The van der Waals surface area contributed by atoms with Crippen LogP contribution in [0.3, 0.4) is 0 Å². The van der Waals surface area contributed by atoms with Crippen molar-refractivity contribution in [3.63, 3.8) is 0 Å². The summed E-state index contributed by atoms with van der Waals surface area (Å²) >= 11 is 0. The number of aromatic nitrogens is 1. The second kappa shape index (κ2) is 8.15. The first-order chi connectivity index (χ1) is 11.0. The third-order valence-corrected chi connectivity index (χ3v) is 4.27. The van der Waals surface area contributed by atoms with Crippen LogP contribution in [-0.2, 0) is 9.53 Å². The average molecular weight is 321 g/mol. The Balaban J connectivity index is 1.91. The van der Waals surface area contributed by atoms with Crippen LogP contribution in [0.4, 0.5) is 0 Å². The van der Waals surface area contributed by atoms with Gasteiger partial charge in [-0.2, -0.15) is 0 Å². The second-order valence-electron chi connectivity index (χ2n) is 6.24. The minimum Gasteiger partial charge on any atom is -0.385 e. The zero-order chi connectivity index (χ0) is 16.8. The van der Waals surface area contributed by atoms with E-state index in [2.05, 4.69) is 10.3 Å². The molecule has 0 bridgehead atoms. The Morgan fingerprint density at radius 2 is 2.22 bits per heavy atom. The summed E-state index contributed by atoms with van der Waals surface area (Å²) in [5.41, 5.74) is 2.58. The van der Waals surface area contributed by atoms with E-state index >= 15 is 0 Å². The molecule has 2 amide bonds. The molecular formula is C17H27N3O3. The molecule has 0 aromatic carbocycles. The fourth-order valence-corrected chi connectivity index (χ4v) is 3.06. The molecule has 1 fully saturated rings. The lowest BCUT2D eigenvalue weighted by Gasteiger charge is -2.32. The Kier molecular flexibility index (Phi) is 6.21. The molecule has 2 heterocycles. The number of aryl methyl sites for hydroxylation is 2. The summed E-state index contributed by atoms with van der Waals surface area (Å²) in [6.45, 7) is 6.33. The van der Waals surface area contributed by atoms with E-state index in [1.54, 1.807) is 12.0 Å². The van der Waals surface area contributed by atoms with Gasteiger partial charge >= 0.3 is 0 Å². The van der Waals surface area contributed by atoms with Gasteiger partial charge in [0, 0.05) is 39.0 Å². The number of likely N-dealkylation sites (tertiary alicyclic amines) is 1. The van der Waals surface area contributed by atoms with Gasteiger partial charge in [0.25, 0.3) is 5.91 Å². The highest BCUT2D eigenvalue weighted by atomic mass is 16.5. The molecule has 6 nitrogen and oxygen atoms in total. The highest BCUT2D eigenvalue weighted by Crippen LogP contribution is 2.20. The minimum atomic E-state index is -0.119. The van der Waals surface area contributed by atoms with Crippen LogP contribution in [0.5, 0.6) is 0 Å². The molecule has 23 heavy (non-hydrogen) atoms. The van der Waals surface area contributed by atoms with Crippen LogP contribution in [0.15, 0.2) is 6.07 Å². The predicted octanol–water partition coefficient (Wildman–Crippen LogP) is 1.64. The molecule has 2 N–H and O–H groups in total. The monoisotopic (exact) mass is 321 g/mol. The van der Waals surface area contributed by atoms with Gasteiger partial charge in [-0.05, 0) is 44.7 Å². The molecule has 1 aromatic rings. The van der Waals surface area contributed by atoms with Crippen LogP contribution >= 0.6 is 0 Å². The fraction of sp³-hybridized carbons (Fsp3) is 0.647. The van der Waals surface area contributed by atoms with Crippen molar-refractivity contribution in [3.05, 3.63) is 23.0 Å². The number of H-pyrrole nitrogens is 1. The van der Waals surface area contributed by atoms with E-state index in [1.807, 2.05) is 19.9 Å². The average Bonchev–Trinajstić information content (AvgIpc) is 2.89. The van der Waals surface area contributed by atoms with Crippen LogP contribution in [0.2, 0.25) is 0 Å². The summed E-state index contributed by atoms with van der Waals surface area (Å²) in [4.78, 5) is 29.8. The molecule has 0 aliphatic carbocycles. The van der Waals surface area contributed by atoms with Gasteiger partial charge in [0.05, 0.1) is 5.92 Å². The molecule has 1 saturated heterocycles. The summed E-state index contributed by atoms with van der Waals surface area (Å²) in [6, 6.07) is 1.97. The highest BCUT2D eigenvalue weighted by molar-refractivity contribution is 5.94. The molecule has 1 atom stereocenters. The van der Waals surface area contributed by atoms with Gasteiger partial charge in [0.2, 0.25) is 5.91 Å². The number of nitrogens with zero attached hydrogens (tertiary/aromatic N) is 1. The summed E-state index contributed by atoms with van der Waals surface area (Å²) in [7, 11) is 1.65. The highest BCUT2D eigenvalue weighted by Gasteiger charge is 2.29. The number of rotatable bonds is 6. The molecule has 0 spiro atoms. The minimum absolute atomic E-state index is 0.00696. The van der Waals surface area contributed by atoms with E-state index in [9.17, 15) is 9.59 Å². The molecule has 1 aromatic heterocycles. The van der Waals surface area contributed by atoms with Crippen molar-refractivity contribution < 1.29 is 14.3 Å². The summed E-state index contributed by atoms with van der Waals surface area (Å²) in [5.74, 6) is -0.0860. The number of piperidine rings is 1. The Hall–Kier alpha value is -1.82. The van der Waals surface area contributed by atoms with Crippen molar-refractivity contribution in [2.45, 2.75) is 33.1 Å². The van der Waals surface area contributed by atoms with E-state index in [0.29, 0.717) is 31.9 Å². The lowest BCUT2D eigenvalue weighted by molar-refractivity contribution is -0.126. The van der Waals surface area contributed by atoms with Crippen LogP contribution < -0.4 is 5.32 Å².